The molecule has 0 aromatic carbocycles. The fraction of sp³-hybridized carbons (Fsp3) is 0.300. The lowest BCUT2D eigenvalue weighted by atomic mass is 10.2. The third-order valence-corrected chi connectivity index (χ3v) is 4.85. The Morgan fingerprint density at radius 3 is 2.82 bits per heavy atom. The summed E-state index contributed by atoms with van der Waals surface area (Å²) in [6.07, 6.45) is 8.18. The molecular weight excluding hydrogens is 356 g/mol. The van der Waals surface area contributed by atoms with Gasteiger partial charge in [0.15, 0.2) is 0 Å². The number of likely N-dealkylation sites (tertiary alicyclic amines) is 1. The maximum atomic E-state index is 12.8. The van der Waals surface area contributed by atoms with Crippen molar-refractivity contribution in [1.82, 2.24) is 29.6 Å². The van der Waals surface area contributed by atoms with E-state index >= 15 is 0 Å². The first-order chi connectivity index (χ1) is 13.6. The molecule has 3 aromatic rings. The summed E-state index contributed by atoms with van der Waals surface area (Å²) in [5.41, 5.74) is 2.40. The SMILES string of the molecule is Cc1cnc(C(=O)N2CCCC2Cn2nc(-c3cccnc3)ccc2=O)cn1. The molecule has 1 aliphatic heterocycles. The van der Waals surface area contributed by atoms with Crippen LogP contribution < -0.4 is 5.56 Å². The van der Waals surface area contributed by atoms with Crippen molar-refractivity contribution in [1.29, 1.82) is 0 Å². The first-order valence-electron chi connectivity index (χ1n) is 9.20. The zero-order chi connectivity index (χ0) is 19.5. The van der Waals surface area contributed by atoms with E-state index in [2.05, 4.69) is 20.1 Å². The van der Waals surface area contributed by atoms with Crippen molar-refractivity contribution in [3.8, 4) is 11.3 Å². The molecule has 0 spiro atoms. The summed E-state index contributed by atoms with van der Waals surface area (Å²) in [7, 11) is 0. The van der Waals surface area contributed by atoms with Crippen LogP contribution in [0.3, 0.4) is 0 Å². The smallest absolute Gasteiger partial charge is 0.274 e. The van der Waals surface area contributed by atoms with Gasteiger partial charge in [-0.3, -0.25) is 19.6 Å². The number of rotatable bonds is 4. The molecule has 1 saturated heterocycles. The number of pyridine rings is 1. The van der Waals surface area contributed by atoms with Crippen LogP contribution in [0.1, 0.15) is 29.0 Å². The minimum atomic E-state index is -0.193. The van der Waals surface area contributed by atoms with E-state index in [1.807, 2.05) is 19.1 Å². The van der Waals surface area contributed by atoms with Gasteiger partial charge < -0.3 is 4.90 Å². The van der Waals surface area contributed by atoms with Gasteiger partial charge in [0.1, 0.15) is 5.69 Å². The summed E-state index contributed by atoms with van der Waals surface area (Å²) in [6, 6.07) is 6.81. The van der Waals surface area contributed by atoms with Crippen LogP contribution in [-0.4, -0.2) is 48.1 Å². The zero-order valence-corrected chi connectivity index (χ0v) is 15.5. The Bertz CT molecular complexity index is 1030. The fourth-order valence-electron chi connectivity index (χ4n) is 3.39. The number of aromatic nitrogens is 5. The summed E-state index contributed by atoms with van der Waals surface area (Å²) >= 11 is 0. The molecule has 28 heavy (non-hydrogen) atoms. The van der Waals surface area contributed by atoms with E-state index in [1.165, 1.54) is 16.9 Å². The summed E-state index contributed by atoms with van der Waals surface area (Å²) in [5.74, 6) is -0.161. The van der Waals surface area contributed by atoms with Crippen LogP contribution in [0.15, 0.2) is 53.8 Å². The molecule has 4 heterocycles. The van der Waals surface area contributed by atoms with E-state index in [0.29, 0.717) is 24.5 Å². The lowest BCUT2D eigenvalue weighted by molar-refractivity contribution is 0.0714. The Morgan fingerprint density at radius 2 is 2.07 bits per heavy atom. The third kappa shape index (κ3) is 3.66. The average Bonchev–Trinajstić information content (AvgIpc) is 3.18. The van der Waals surface area contributed by atoms with Crippen LogP contribution in [0.2, 0.25) is 0 Å². The number of amides is 1. The number of carbonyl (C=O) groups excluding carboxylic acids is 1. The molecule has 1 atom stereocenters. The maximum absolute atomic E-state index is 12.8. The number of aryl methyl sites for hydroxylation is 1. The summed E-state index contributed by atoms with van der Waals surface area (Å²) in [4.78, 5) is 39.4. The standard InChI is InChI=1S/C20H20N6O2/c1-14-10-23-18(12-22-14)20(28)25-9-3-5-16(25)13-26-19(27)7-6-17(24-26)15-4-2-8-21-11-15/h2,4,6-8,10-12,16H,3,5,9,13H2,1H3. The predicted molar refractivity (Wildman–Crippen MR) is 103 cm³/mol. The highest BCUT2D eigenvalue weighted by Crippen LogP contribution is 2.21. The van der Waals surface area contributed by atoms with E-state index in [4.69, 9.17) is 0 Å². The molecule has 142 valence electrons. The summed E-state index contributed by atoms with van der Waals surface area (Å²) < 4.78 is 1.43. The van der Waals surface area contributed by atoms with Gasteiger partial charge in [-0.15, -0.1) is 0 Å². The van der Waals surface area contributed by atoms with Gasteiger partial charge in [0, 0.05) is 36.8 Å². The molecule has 0 aliphatic carbocycles. The van der Waals surface area contributed by atoms with Crippen molar-refractivity contribution in [3.63, 3.8) is 0 Å². The Morgan fingerprint density at radius 1 is 1.18 bits per heavy atom. The van der Waals surface area contributed by atoms with Crippen molar-refractivity contribution in [3.05, 3.63) is 70.8 Å². The first-order valence-corrected chi connectivity index (χ1v) is 9.20. The summed E-state index contributed by atoms with van der Waals surface area (Å²) in [6.45, 7) is 2.81. The number of nitrogens with zero attached hydrogens (tertiary/aromatic N) is 6. The van der Waals surface area contributed by atoms with Gasteiger partial charge in [-0.25, -0.2) is 9.67 Å². The molecule has 1 aliphatic rings. The van der Waals surface area contributed by atoms with E-state index in [-0.39, 0.29) is 17.5 Å². The minimum absolute atomic E-state index is 0.107. The van der Waals surface area contributed by atoms with Gasteiger partial charge in [0.25, 0.3) is 11.5 Å². The van der Waals surface area contributed by atoms with Gasteiger partial charge in [0.05, 0.1) is 30.2 Å². The molecule has 1 unspecified atom stereocenters. The van der Waals surface area contributed by atoms with Crippen LogP contribution in [-0.2, 0) is 6.54 Å². The molecular formula is C20H20N6O2. The van der Waals surface area contributed by atoms with Crippen molar-refractivity contribution < 1.29 is 4.79 Å². The molecule has 4 rings (SSSR count). The van der Waals surface area contributed by atoms with Crippen LogP contribution in [0.5, 0.6) is 0 Å². The highest BCUT2D eigenvalue weighted by molar-refractivity contribution is 5.92. The van der Waals surface area contributed by atoms with E-state index in [0.717, 1.165) is 24.1 Å². The number of carbonyl (C=O) groups is 1. The molecule has 0 bridgehead atoms. The third-order valence-electron chi connectivity index (χ3n) is 4.85. The molecule has 0 radical (unpaired) electrons. The number of hydrogen-bond donors (Lipinski definition) is 0. The molecule has 0 N–H and O–H groups in total. The molecule has 8 heteroatoms. The van der Waals surface area contributed by atoms with Crippen LogP contribution in [0.4, 0.5) is 0 Å². The Labute approximate surface area is 161 Å². The molecule has 8 nitrogen and oxygen atoms in total. The minimum Gasteiger partial charge on any atom is -0.332 e. The molecule has 1 amide bonds. The van der Waals surface area contributed by atoms with Gasteiger partial charge in [-0.1, -0.05) is 0 Å². The Hall–Kier alpha value is -3.42. The highest BCUT2D eigenvalue weighted by Gasteiger charge is 2.31. The van der Waals surface area contributed by atoms with Crippen LogP contribution in [0, 0.1) is 6.92 Å². The van der Waals surface area contributed by atoms with E-state index < -0.39 is 0 Å². The quantitative estimate of drug-likeness (QED) is 0.688. The van der Waals surface area contributed by atoms with Gasteiger partial charge >= 0.3 is 0 Å². The second-order valence-electron chi connectivity index (χ2n) is 6.82. The Kier molecular flexibility index (Phi) is 4.92. The van der Waals surface area contributed by atoms with Crippen molar-refractivity contribution in [2.24, 2.45) is 0 Å². The normalized spacial score (nSPS) is 16.3. The van der Waals surface area contributed by atoms with Crippen LogP contribution in [0.25, 0.3) is 11.3 Å². The van der Waals surface area contributed by atoms with E-state index in [9.17, 15) is 9.59 Å². The van der Waals surface area contributed by atoms with Crippen molar-refractivity contribution in [2.45, 2.75) is 32.4 Å². The fourth-order valence-corrected chi connectivity index (χ4v) is 3.39. The van der Waals surface area contributed by atoms with E-state index in [1.54, 1.807) is 29.6 Å². The van der Waals surface area contributed by atoms with Crippen molar-refractivity contribution in [2.75, 3.05) is 6.54 Å². The molecule has 1 fully saturated rings. The van der Waals surface area contributed by atoms with Gasteiger partial charge in [-0.05, 0) is 38.0 Å². The predicted octanol–water partition coefficient (Wildman–Crippen LogP) is 1.71. The summed E-state index contributed by atoms with van der Waals surface area (Å²) in [5, 5.41) is 4.48. The molecule has 0 saturated carbocycles. The Balaban J connectivity index is 1.57. The highest BCUT2D eigenvalue weighted by atomic mass is 16.2. The topological polar surface area (TPSA) is 93.9 Å². The largest absolute Gasteiger partial charge is 0.332 e. The van der Waals surface area contributed by atoms with Gasteiger partial charge in [0.2, 0.25) is 0 Å². The second kappa shape index (κ2) is 7.67. The monoisotopic (exact) mass is 376 g/mol. The van der Waals surface area contributed by atoms with Crippen LogP contribution >= 0.6 is 0 Å². The lowest BCUT2D eigenvalue weighted by Crippen LogP contribution is -2.41. The zero-order valence-electron chi connectivity index (χ0n) is 15.5. The van der Waals surface area contributed by atoms with Gasteiger partial charge in [-0.2, -0.15) is 5.10 Å². The van der Waals surface area contributed by atoms with Crippen molar-refractivity contribution >= 4 is 5.91 Å². The first kappa shape index (κ1) is 18.0. The molecule has 3 aromatic heterocycles. The maximum Gasteiger partial charge on any atom is 0.274 e. The number of hydrogen-bond acceptors (Lipinski definition) is 6. The lowest BCUT2D eigenvalue weighted by Gasteiger charge is -2.24. The second-order valence-corrected chi connectivity index (χ2v) is 6.82. The average molecular weight is 376 g/mol.